The van der Waals surface area contributed by atoms with Crippen molar-refractivity contribution in [3.63, 3.8) is 0 Å². The van der Waals surface area contributed by atoms with E-state index in [-0.39, 0.29) is 0 Å². The van der Waals surface area contributed by atoms with Crippen molar-refractivity contribution in [2.45, 2.75) is 6.92 Å². The summed E-state index contributed by atoms with van der Waals surface area (Å²) >= 11 is 0.717. The molecule has 0 bridgehead atoms. The van der Waals surface area contributed by atoms with Gasteiger partial charge < -0.3 is 0 Å². The van der Waals surface area contributed by atoms with Crippen LogP contribution in [-0.2, 0) is 0 Å². The summed E-state index contributed by atoms with van der Waals surface area (Å²) in [6.07, 6.45) is 4.44. The molecule has 0 aromatic carbocycles. The van der Waals surface area contributed by atoms with Crippen molar-refractivity contribution in [3.05, 3.63) is 21.8 Å². The van der Waals surface area contributed by atoms with Crippen molar-refractivity contribution in [1.82, 2.24) is 0 Å². The molecule has 1 heterocycles. The number of hydrogen-bond donors (Lipinski definition) is 0. The molecule has 1 rings (SSSR count). The fourth-order valence-corrected chi connectivity index (χ4v) is 5.77. The number of rotatable bonds is 1. The first-order chi connectivity index (χ1) is 4.34. The maximum atomic E-state index is 2.35. The molecule has 0 aromatic heterocycles. The topological polar surface area (TPSA) is 0 Å². The third kappa shape index (κ3) is 2.14. The third-order valence-electron chi connectivity index (χ3n) is 1.04. The SMILES string of the molecule is C[I-]C1=IC=CC=C1C. The van der Waals surface area contributed by atoms with Crippen LogP contribution in [0.2, 0.25) is 0 Å². The van der Waals surface area contributed by atoms with Gasteiger partial charge in [0.2, 0.25) is 0 Å². The minimum atomic E-state index is 0.325. The van der Waals surface area contributed by atoms with Gasteiger partial charge in [-0.15, -0.1) is 0 Å². The molecule has 0 fully saturated rings. The van der Waals surface area contributed by atoms with E-state index in [0.717, 1.165) is 0 Å². The average Bonchev–Trinajstić information content (AvgIpc) is 1.89. The van der Waals surface area contributed by atoms with Crippen LogP contribution in [0.25, 0.3) is 0 Å². The average molecular weight is 347 g/mol. The van der Waals surface area contributed by atoms with Crippen LogP contribution in [0.3, 0.4) is 0 Å². The van der Waals surface area contributed by atoms with Crippen LogP contribution in [0, 0.1) is 0 Å². The first-order valence-corrected chi connectivity index (χ1v) is 8.24. The Bertz CT molecular complexity index is 187. The maximum absolute atomic E-state index is 2.35. The summed E-state index contributed by atoms with van der Waals surface area (Å²) in [7, 11) is 0. The Hall–Kier alpha value is 0.810. The quantitative estimate of drug-likeness (QED) is 0.434. The van der Waals surface area contributed by atoms with Crippen LogP contribution in [0.5, 0.6) is 0 Å². The van der Waals surface area contributed by atoms with E-state index < -0.39 is 0 Å². The molecule has 9 heavy (non-hydrogen) atoms. The number of halogens is 2. The zero-order valence-electron chi connectivity index (χ0n) is 5.49. The van der Waals surface area contributed by atoms with Gasteiger partial charge in [0, 0.05) is 0 Å². The van der Waals surface area contributed by atoms with Gasteiger partial charge in [-0.1, -0.05) is 0 Å². The molecular formula is C7H9I2-. The molecule has 0 atom stereocenters. The van der Waals surface area contributed by atoms with Gasteiger partial charge in [-0.05, 0) is 0 Å². The molecule has 1 aliphatic rings. The van der Waals surface area contributed by atoms with Crippen LogP contribution in [-0.4, -0.2) is 6.45 Å². The van der Waals surface area contributed by atoms with Gasteiger partial charge in [-0.3, -0.25) is 0 Å². The van der Waals surface area contributed by atoms with E-state index in [2.05, 4.69) is 28.1 Å². The molecule has 0 saturated carbocycles. The van der Waals surface area contributed by atoms with E-state index in [1.54, 1.807) is 7.09 Å². The van der Waals surface area contributed by atoms with Crippen molar-refractivity contribution < 1.29 is 21.2 Å². The predicted molar refractivity (Wildman–Crippen MR) is 47.8 cm³/mol. The van der Waals surface area contributed by atoms with Crippen molar-refractivity contribution in [3.8, 4) is 0 Å². The molecule has 2 heteroatoms. The van der Waals surface area contributed by atoms with Crippen molar-refractivity contribution in [2.24, 2.45) is 0 Å². The molecule has 0 nitrogen and oxygen atoms in total. The Morgan fingerprint density at radius 3 is 2.78 bits per heavy atom. The monoisotopic (exact) mass is 347 g/mol. The first-order valence-electron chi connectivity index (χ1n) is 2.68. The zero-order valence-corrected chi connectivity index (χ0v) is 9.80. The standard InChI is InChI=1S/C7H9I2/c1-6-4-3-5-9-7(6)8-2/h3-5H,1-2H3/q-1. The van der Waals surface area contributed by atoms with Crippen molar-refractivity contribution in [1.29, 1.82) is 0 Å². The van der Waals surface area contributed by atoms with Crippen LogP contribution in [0.1, 0.15) is 6.92 Å². The second-order valence-electron chi connectivity index (χ2n) is 1.73. The van der Waals surface area contributed by atoms with Crippen LogP contribution in [0.15, 0.2) is 21.8 Å². The van der Waals surface area contributed by atoms with Gasteiger partial charge >= 0.3 is 77.1 Å². The van der Waals surface area contributed by atoms with E-state index in [4.69, 9.17) is 0 Å². The summed E-state index contributed by atoms with van der Waals surface area (Å²) in [5.41, 5.74) is 1.56. The van der Waals surface area contributed by atoms with E-state index in [0.29, 0.717) is 41.9 Å². The molecular weight excluding hydrogens is 338 g/mol. The number of hydrogen-bond acceptors (Lipinski definition) is 0. The van der Waals surface area contributed by atoms with E-state index >= 15 is 0 Å². The van der Waals surface area contributed by atoms with E-state index in [9.17, 15) is 0 Å². The van der Waals surface area contributed by atoms with E-state index in [1.807, 2.05) is 0 Å². The van der Waals surface area contributed by atoms with Crippen LogP contribution in [0.4, 0.5) is 0 Å². The molecule has 0 aliphatic carbocycles. The van der Waals surface area contributed by atoms with Gasteiger partial charge in [-0.2, -0.15) is 0 Å². The van der Waals surface area contributed by atoms with Crippen LogP contribution >= 0.6 is 20.7 Å². The zero-order chi connectivity index (χ0) is 6.69. The van der Waals surface area contributed by atoms with Crippen molar-refractivity contribution >= 4 is 22.2 Å². The summed E-state index contributed by atoms with van der Waals surface area (Å²) in [4.78, 5) is 2.35. The van der Waals surface area contributed by atoms with Gasteiger partial charge in [0.25, 0.3) is 0 Å². The van der Waals surface area contributed by atoms with Gasteiger partial charge in [0.15, 0.2) is 0 Å². The molecule has 52 valence electrons. The summed E-state index contributed by atoms with van der Waals surface area (Å²) in [6, 6.07) is 0. The number of alkyl halides is 1. The molecule has 0 amide bonds. The summed E-state index contributed by atoms with van der Waals surface area (Å²) < 4.78 is 4.15. The fraction of sp³-hybridized carbons (Fsp3) is 0.286. The second kappa shape index (κ2) is 3.85. The molecule has 0 unspecified atom stereocenters. The Morgan fingerprint density at radius 1 is 1.56 bits per heavy atom. The Labute approximate surface area is 76.4 Å². The first kappa shape index (κ1) is 7.91. The molecule has 0 N–H and O–H groups in total. The Kier molecular flexibility index (Phi) is 3.39. The second-order valence-corrected chi connectivity index (χ2v) is 8.37. The minimum absolute atomic E-state index is 0.325. The van der Waals surface area contributed by atoms with E-state index in [1.165, 1.54) is 0 Å². The molecule has 0 saturated heterocycles. The summed E-state index contributed by atoms with van der Waals surface area (Å²) in [5.74, 6) is 0. The number of allylic oxidation sites excluding steroid dienone is 3. The normalized spacial score (nSPS) is 18.4. The predicted octanol–water partition coefficient (Wildman–Crippen LogP) is -0.721. The molecule has 0 radical (unpaired) electrons. The fourth-order valence-electron chi connectivity index (χ4n) is 0.612. The van der Waals surface area contributed by atoms with Crippen LogP contribution < -0.4 is 21.2 Å². The van der Waals surface area contributed by atoms with Gasteiger partial charge in [0.05, 0.1) is 0 Å². The summed E-state index contributed by atoms with van der Waals surface area (Å²) in [6.45, 7) is 2.24. The van der Waals surface area contributed by atoms with Crippen molar-refractivity contribution in [2.75, 3.05) is 4.93 Å². The Morgan fingerprint density at radius 2 is 2.33 bits per heavy atom. The molecule has 0 spiro atoms. The molecule has 1 aliphatic heterocycles. The molecule has 0 aromatic rings. The van der Waals surface area contributed by atoms with Gasteiger partial charge in [0.1, 0.15) is 0 Å². The summed E-state index contributed by atoms with van der Waals surface area (Å²) in [5, 5.41) is 0. The Balaban J connectivity index is 2.83. The van der Waals surface area contributed by atoms with Gasteiger partial charge in [-0.25, -0.2) is 0 Å². The third-order valence-corrected chi connectivity index (χ3v) is 9.33.